The van der Waals surface area contributed by atoms with E-state index in [9.17, 15) is 30.0 Å². The third kappa shape index (κ3) is 13.4. The van der Waals surface area contributed by atoms with Gasteiger partial charge in [-0.3, -0.25) is 4.79 Å². The van der Waals surface area contributed by atoms with Crippen LogP contribution in [0, 0.1) is 0 Å². The van der Waals surface area contributed by atoms with Gasteiger partial charge in [0.2, 0.25) is 5.54 Å². The topological polar surface area (TPSA) is 115 Å². The first-order valence-corrected chi connectivity index (χ1v) is 14.7. The van der Waals surface area contributed by atoms with Gasteiger partial charge in [0.05, 0.1) is 20.1 Å². The highest BCUT2D eigenvalue weighted by molar-refractivity contribution is 5.83. The number of unbranched alkanes of at least 4 members (excludes halogenated alkanes) is 15. The maximum atomic E-state index is 12.3. The average molecular weight is 517 g/mol. The van der Waals surface area contributed by atoms with Gasteiger partial charge in [0, 0.05) is 26.1 Å². The third-order valence-corrected chi connectivity index (χ3v) is 8.24. The number of aliphatic carboxylic acids is 2. The molecule has 0 aromatic rings. The van der Waals surface area contributed by atoms with Crippen molar-refractivity contribution in [2.45, 2.75) is 147 Å². The SMILES string of the molecule is CCCCCCCCCCCCCCCCCCC(CCO)[N+](C)(C)C(CCO)(CC(=O)O)C(=O)O. The Balaban J connectivity index is 4.30. The molecule has 0 aliphatic heterocycles. The fourth-order valence-corrected chi connectivity index (χ4v) is 5.66. The van der Waals surface area contributed by atoms with Crippen LogP contribution >= 0.6 is 0 Å². The summed E-state index contributed by atoms with van der Waals surface area (Å²) in [5, 5.41) is 38.6. The molecular weight excluding hydrogens is 458 g/mol. The largest absolute Gasteiger partial charge is 0.481 e. The van der Waals surface area contributed by atoms with Crippen molar-refractivity contribution in [3.63, 3.8) is 0 Å². The Kier molecular flexibility index (Phi) is 20.1. The second-order valence-electron chi connectivity index (χ2n) is 11.2. The number of likely N-dealkylation sites (N-methyl/N-ethyl adjacent to an activating group) is 1. The fraction of sp³-hybridized carbons (Fsp3) is 0.931. The molecule has 0 bridgehead atoms. The molecule has 36 heavy (non-hydrogen) atoms. The van der Waals surface area contributed by atoms with Crippen LogP contribution in [-0.4, -0.2) is 75.7 Å². The summed E-state index contributed by atoms with van der Waals surface area (Å²) < 4.78 is -0.0610. The van der Waals surface area contributed by atoms with Gasteiger partial charge in [0.15, 0.2) is 0 Å². The van der Waals surface area contributed by atoms with Gasteiger partial charge in [0.25, 0.3) is 0 Å². The van der Waals surface area contributed by atoms with E-state index in [0.29, 0.717) is 6.42 Å². The molecule has 2 atom stereocenters. The molecule has 214 valence electrons. The number of quaternary nitrogens is 1. The summed E-state index contributed by atoms with van der Waals surface area (Å²) in [6.45, 7) is 1.79. The molecule has 0 aromatic carbocycles. The Morgan fingerprint density at radius 2 is 1.08 bits per heavy atom. The van der Waals surface area contributed by atoms with Crippen molar-refractivity contribution in [1.29, 1.82) is 0 Å². The van der Waals surface area contributed by atoms with E-state index in [0.717, 1.165) is 25.7 Å². The monoisotopic (exact) mass is 516 g/mol. The lowest BCUT2D eigenvalue weighted by molar-refractivity contribution is -0.956. The zero-order valence-electron chi connectivity index (χ0n) is 23.7. The number of carbonyl (C=O) groups is 2. The molecule has 7 nitrogen and oxygen atoms in total. The summed E-state index contributed by atoms with van der Waals surface area (Å²) >= 11 is 0. The summed E-state index contributed by atoms with van der Waals surface area (Å²) in [4.78, 5) is 23.8. The Hall–Kier alpha value is -1.18. The van der Waals surface area contributed by atoms with Crippen molar-refractivity contribution in [3.05, 3.63) is 0 Å². The molecule has 0 heterocycles. The minimum atomic E-state index is -1.63. The quantitative estimate of drug-likeness (QED) is 0.0810. The van der Waals surface area contributed by atoms with Crippen molar-refractivity contribution < 1.29 is 34.5 Å². The van der Waals surface area contributed by atoms with Gasteiger partial charge < -0.3 is 24.9 Å². The summed E-state index contributed by atoms with van der Waals surface area (Å²) in [6, 6.07) is -0.191. The molecule has 0 spiro atoms. The first-order valence-electron chi connectivity index (χ1n) is 14.7. The number of rotatable bonds is 26. The Morgan fingerprint density at radius 1 is 0.667 bits per heavy atom. The number of aliphatic hydroxyl groups is 2. The number of nitrogens with zero attached hydrogens (tertiary/aromatic N) is 1. The highest BCUT2D eigenvalue weighted by atomic mass is 16.4. The average Bonchev–Trinajstić information content (AvgIpc) is 2.82. The predicted molar refractivity (Wildman–Crippen MR) is 146 cm³/mol. The van der Waals surface area contributed by atoms with Crippen LogP contribution in [0.25, 0.3) is 0 Å². The summed E-state index contributed by atoms with van der Waals surface area (Å²) in [5.74, 6) is -2.40. The van der Waals surface area contributed by atoms with Crippen LogP contribution in [-0.2, 0) is 9.59 Å². The smallest absolute Gasteiger partial charge is 0.366 e. The molecule has 0 fully saturated rings. The first kappa shape index (κ1) is 34.8. The standard InChI is InChI=1S/C29H57NO6/c1-4-5-6-7-8-9-10-11-12-13-14-15-16-17-18-19-20-26(21-23-31)30(2,3)29(22-24-32,28(35)36)25-27(33)34/h26,31-32H,4-25H2,1-3H3,(H-,33,34,35,36)/p+1. The van der Waals surface area contributed by atoms with Gasteiger partial charge >= 0.3 is 11.9 Å². The molecule has 7 heteroatoms. The Bertz CT molecular complexity index is 568. The molecule has 0 rings (SSSR count). The van der Waals surface area contributed by atoms with E-state index < -0.39 is 30.5 Å². The van der Waals surface area contributed by atoms with Crippen molar-refractivity contribution in [1.82, 2.24) is 0 Å². The van der Waals surface area contributed by atoms with Crippen molar-refractivity contribution in [2.24, 2.45) is 0 Å². The lowest BCUT2D eigenvalue weighted by Gasteiger charge is -2.50. The molecule has 0 aliphatic rings. The van der Waals surface area contributed by atoms with Crippen LogP contribution < -0.4 is 0 Å². The van der Waals surface area contributed by atoms with Crippen LogP contribution in [0.3, 0.4) is 0 Å². The van der Waals surface area contributed by atoms with Crippen LogP contribution in [0.4, 0.5) is 0 Å². The van der Waals surface area contributed by atoms with Gasteiger partial charge in [-0.05, 0) is 12.8 Å². The molecule has 0 saturated heterocycles. The van der Waals surface area contributed by atoms with Crippen LogP contribution in [0.5, 0.6) is 0 Å². The number of aliphatic hydroxyl groups excluding tert-OH is 2. The van der Waals surface area contributed by atoms with E-state index in [4.69, 9.17) is 0 Å². The third-order valence-electron chi connectivity index (χ3n) is 8.24. The molecular formula is C29H58NO6+. The van der Waals surface area contributed by atoms with E-state index in [1.807, 2.05) is 0 Å². The summed E-state index contributed by atoms with van der Waals surface area (Å²) in [5.41, 5.74) is -1.63. The molecule has 0 amide bonds. The molecule has 4 N–H and O–H groups in total. The van der Waals surface area contributed by atoms with Gasteiger partial charge in [-0.25, -0.2) is 4.79 Å². The van der Waals surface area contributed by atoms with E-state index in [-0.39, 0.29) is 23.6 Å². The van der Waals surface area contributed by atoms with Crippen LogP contribution in [0.1, 0.15) is 135 Å². The number of carboxylic acid groups (broad SMARTS) is 2. The highest BCUT2D eigenvalue weighted by Crippen LogP contribution is 2.35. The predicted octanol–water partition coefficient (Wildman–Crippen LogP) is 6.15. The fourth-order valence-electron chi connectivity index (χ4n) is 5.66. The zero-order valence-corrected chi connectivity index (χ0v) is 23.7. The van der Waals surface area contributed by atoms with Crippen molar-refractivity contribution in [3.8, 4) is 0 Å². The molecule has 0 saturated carbocycles. The highest BCUT2D eigenvalue weighted by Gasteiger charge is 2.56. The van der Waals surface area contributed by atoms with Gasteiger partial charge in [-0.1, -0.05) is 103 Å². The molecule has 0 aliphatic carbocycles. The Labute approximate surface area is 220 Å². The number of carboxylic acids is 2. The van der Waals surface area contributed by atoms with Crippen molar-refractivity contribution >= 4 is 11.9 Å². The minimum Gasteiger partial charge on any atom is -0.481 e. The lowest BCUT2D eigenvalue weighted by Crippen LogP contribution is -2.69. The zero-order chi connectivity index (χ0) is 27.3. The molecule has 0 aromatic heterocycles. The first-order chi connectivity index (χ1) is 17.2. The summed E-state index contributed by atoms with van der Waals surface area (Å²) in [6.07, 6.45) is 21.0. The number of hydrogen-bond donors (Lipinski definition) is 4. The summed E-state index contributed by atoms with van der Waals surface area (Å²) in [7, 11) is 3.47. The minimum absolute atomic E-state index is 0.0610. The molecule has 2 unspecified atom stereocenters. The van der Waals surface area contributed by atoms with E-state index >= 15 is 0 Å². The van der Waals surface area contributed by atoms with E-state index in [2.05, 4.69) is 6.92 Å². The van der Waals surface area contributed by atoms with Gasteiger partial charge in [0.1, 0.15) is 6.42 Å². The second-order valence-corrected chi connectivity index (χ2v) is 11.2. The van der Waals surface area contributed by atoms with Crippen LogP contribution in [0.15, 0.2) is 0 Å². The maximum Gasteiger partial charge on any atom is 0.366 e. The van der Waals surface area contributed by atoms with Gasteiger partial charge in [-0.2, -0.15) is 0 Å². The van der Waals surface area contributed by atoms with E-state index in [1.54, 1.807) is 14.1 Å². The van der Waals surface area contributed by atoms with Crippen molar-refractivity contribution in [2.75, 3.05) is 27.3 Å². The normalized spacial score (nSPS) is 14.5. The molecule has 0 radical (unpaired) electrons. The maximum absolute atomic E-state index is 12.3. The number of hydrogen-bond acceptors (Lipinski definition) is 4. The second kappa shape index (κ2) is 20.8. The van der Waals surface area contributed by atoms with Gasteiger partial charge in [-0.15, -0.1) is 0 Å². The van der Waals surface area contributed by atoms with Crippen LogP contribution in [0.2, 0.25) is 0 Å². The Morgan fingerprint density at radius 3 is 1.42 bits per heavy atom. The van der Waals surface area contributed by atoms with E-state index in [1.165, 1.54) is 83.5 Å². The lowest BCUT2D eigenvalue weighted by atomic mass is 9.84.